The first kappa shape index (κ1) is 12.2. The number of allylic oxidation sites excluding steroid dienone is 1. The summed E-state index contributed by atoms with van der Waals surface area (Å²) in [6, 6.07) is 5.21. The summed E-state index contributed by atoms with van der Waals surface area (Å²) >= 11 is 0. The molecule has 0 nitrogen and oxygen atoms in total. The van der Waals surface area contributed by atoms with Crippen LogP contribution in [0.15, 0.2) is 30.9 Å². The maximum absolute atomic E-state index is 13.2. The minimum absolute atomic E-state index is 0.129. The number of aryl methyl sites for hydroxylation is 1. The molecule has 82 valence electrons. The van der Waals surface area contributed by atoms with E-state index in [1.54, 1.807) is 12.1 Å². The highest BCUT2D eigenvalue weighted by atomic mass is 28.3. The predicted molar refractivity (Wildman–Crippen MR) is 67.9 cm³/mol. The summed E-state index contributed by atoms with van der Waals surface area (Å²) in [4.78, 5) is 0. The van der Waals surface area contributed by atoms with Gasteiger partial charge in [-0.25, -0.2) is 4.39 Å². The summed E-state index contributed by atoms with van der Waals surface area (Å²) < 4.78 is 13.2. The van der Waals surface area contributed by atoms with Crippen LogP contribution in [0.2, 0.25) is 19.6 Å². The lowest BCUT2D eigenvalue weighted by Crippen LogP contribution is -2.40. The molecule has 0 aromatic heterocycles. The van der Waals surface area contributed by atoms with Crippen molar-refractivity contribution in [1.29, 1.82) is 0 Å². The summed E-state index contributed by atoms with van der Waals surface area (Å²) in [5.41, 5.74) is 1.16. The third-order valence-electron chi connectivity index (χ3n) is 2.49. The molecule has 0 radical (unpaired) electrons. The van der Waals surface area contributed by atoms with Gasteiger partial charge in [0.05, 0.1) is 8.07 Å². The van der Waals surface area contributed by atoms with Crippen molar-refractivity contribution < 1.29 is 4.39 Å². The number of halogens is 1. The van der Waals surface area contributed by atoms with Gasteiger partial charge in [0.1, 0.15) is 5.82 Å². The third-order valence-corrected chi connectivity index (χ3v) is 4.60. The molecule has 0 aliphatic heterocycles. The van der Waals surface area contributed by atoms with E-state index in [2.05, 4.69) is 26.2 Å². The van der Waals surface area contributed by atoms with Gasteiger partial charge in [-0.2, -0.15) is 0 Å². The zero-order valence-corrected chi connectivity index (χ0v) is 10.8. The summed E-state index contributed by atoms with van der Waals surface area (Å²) in [7, 11) is -1.35. The van der Waals surface area contributed by atoms with E-state index in [0.717, 1.165) is 18.4 Å². The van der Waals surface area contributed by atoms with Crippen LogP contribution in [-0.2, 0) is 6.42 Å². The summed E-state index contributed by atoms with van der Waals surface area (Å²) in [5.74, 6) is -0.129. The molecule has 0 aliphatic carbocycles. The molecule has 0 spiro atoms. The number of hydrogen-bond donors (Lipinski definition) is 0. The van der Waals surface area contributed by atoms with Crippen LogP contribution in [0.1, 0.15) is 12.0 Å². The van der Waals surface area contributed by atoms with Crippen LogP contribution in [0.3, 0.4) is 0 Å². The molecule has 1 aromatic rings. The summed E-state index contributed by atoms with van der Waals surface area (Å²) in [6.07, 6.45) is 3.71. The molecular weight excluding hydrogens is 203 g/mol. The minimum Gasteiger partial charge on any atom is -0.207 e. The maximum Gasteiger partial charge on any atom is 0.123 e. The molecule has 15 heavy (non-hydrogen) atoms. The molecule has 1 aromatic carbocycles. The SMILES string of the molecule is C=CCCc1cc(F)ccc1[Si](C)(C)C. The van der Waals surface area contributed by atoms with E-state index in [1.807, 2.05) is 12.1 Å². The molecule has 0 aliphatic rings. The molecule has 0 amide bonds. The monoisotopic (exact) mass is 222 g/mol. The largest absolute Gasteiger partial charge is 0.207 e. The fraction of sp³-hybridized carbons (Fsp3) is 0.385. The van der Waals surface area contributed by atoms with Crippen molar-refractivity contribution in [3.63, 3.8) is 0 Å². The van der Waals surface area contributed by atoms with Gasteiger partial charge in [-0.15, -0.1) is 6.58 Å². The van der Waals surface area contributed by atoms with Crippen molar-refractivity contribution in [2.75, 3.05) is 0 Å². The zero-order valence-electron chi connectivity index (χ0n) is 9.81. The molecule has 2 heteroatoms. The van der Waals surface area contributed by atoms with Crippen molar-refractivity contribution in [3.8, 4) is 0 Å². The van der Waals surface area contributed by atoms with E-state index >= 15 is 0 Å². The van der Waals surface area contributed by atoms with E-state index < -0.39 is 8.07 Å². The Kier molecular flexibility index (Phi) is 3.86. The second-order valence-electron chi connectivity index (χ2n) is 4.88. The minimum atomic E-state index is -1.35. The molecule has 0 saturated carbocycles. The van der Waals surface area contributed by atoms with Gasteiger partial charge in [0.15, 0.2) is 0 Å². The van der Waals surface area contributed by atoms with Crippen LogP contribution in [0, 0.1) is 5.82 Å². The highest BCUT2D eigenvalue weighted by molar-refractivity contribution is 6.89. The summed E-state index contributed by atoms with van der Waals surface area (Å²) in [5, 5.41) is 1.37. The van der Waals surface area contributed by atoms with Gasteiger partial charge in [-0.05, 0) is 30.5 Å². The highest BCUT2D eigenvalue weighted by Gasteiger charge is 2.19. The Bertz CT molecular complexity index is 350. The van der Waals surface area contributed by atoms with Crippen molar-refractivity contribution in [2.24, 2.45) is 0 Å². The molecule has 0 heterocycles. The van der Waals surface area contributed by atoms with Crippen LogP contribution in [0.5, 0.6) is 0 Å². The molecule has 0 saturated heterocycles. The van der Waals surface area contributed by atoms with E-state index in [-0.39, 0.29) is 5.82 Å². The third kappa shape index (κ3) is 3.31. The van der Waals surface area contributed by atoms with Crippen LogP contribution in [0.4, 0.5) is 4.39 Å². The molecule has 0 bridgehead atoms. The second kappa shape index (κ2) is 4.75. The van der Waals surface area contributed by atoms with Gasteiger partial charge >= 0.3 is 0 Å². The first-order valence-corrected chi connectivity index (χ1v) is 8.85. The van der Waals surface area contributed by atoms with E-state index in [4.69, 9.17) is 0 Å². The number of rotatable bonds is 4. The Balaban J connectivity index is 3.08. The summed E-state index contributed by atoms with van der Waals surface area (Å²) in [6.45, 7) is 10.6. The molecule has 1 rings (SSSR count). The maximum atomic E-state index is 13.2. The van der Waals surface area contributed by atoms with Crippen molar-refractivity contribution >= 4 is 13.3 Å². The Hall–Kier alpha value is -0.893. The molecule has 0 fully saturated rings. The van der Waals surface area contributed by atoms with Crippen LogP contribution < -0.4 is 5.19 Å². The van der Waals surface area contributed by atoms with Gasteiger partial charge in [-0.3, -0.25) is 0 Å². The topological polar surface area (TPSA) is 0 Å². The first-order chi connectivity index (χ1) is 6.95. The smallest absolute Gasteiger partial charge is 0.123 e. The Labute approximate surface area is 92.8 Å². The average molecular weight is 222 g/mol. The van der Waals surface area contributed by atoms with Crippen LogP contribution in [-0.4, -0.2) is 8.07 Å². The lowest BCUT2D eigenvalue weighted by molar-refractivity contribution is 0.626. The van der Waals surface area contributed by atoms with Crippen molar-refractivity contribution in [3.05, 3.63) is 42.2 Å². The van der Waals surface area contributed by atoms with E-state index in [9.17, 15) is 4.39 Å². The van der Waals surface area contributed by atoms with Crippen molar-refractivity contribution in [2.45, 2.75) is 32.5 Å². The van der Waals surface area contributed by atoms with E-state index in [0.29, 0.717) is 0 Å². The van der Waals surface area contributed by atoms with E-state index in [1.165, 1.54) is 5.19 Å². The molecule has 0 atom stereocenters. The first-order valence-electron chi connectivity index (χ1n) is 5.35. The quantitative estimate of drug-likeness (QED) is 0.540. The normalized spacial score (nSPS) is 11.5. The Morgan fingerprint density at radius 3 is 2.53 bits per heavy atom. The lowest BCUT2D eigenvalue weighted by atomic mass is 10.1. The standard InChI is InChI=1S/C13H19FSi/c1-5-6-7-11-10-12(14)8-9-13(11)15(2,3)4/h5,8-10H,1,6-7H2,2-4H3. The Morgan fingerprint density at radius 2 is 2.00 bits per heavy atom. The molecule has 0 unspecified atom stereocenters. The Morgan fingerprint density at radius 1 is 1.33 bits per heavy atom. The van der Waals surface area contributed by atoms with Crippen LogP contribution >= 0.6 is 0 Å². The molecular formula is C13H19FSi. The highest BCUT2D eigenvalue weighted by Crippen LogP contribution is 2.11. The van der Waals surface area contributed by atoms with Gasteiger partial charge in [0.25, 0.3) is 0 Å². The average Bonchev–Trinajstić information content (AvgIpc) is 2.12. The fourth-order valence-electron chi connectivity index (χ4n) is 1.76. The second-order valence-corrected chi connectivity index (χ2v) is 9.92. The lowest BCUT2D eigenvalue weighted by Gasteiger charge is -2.20. The fourth-order valence-corrected chi connectivity index (χ4v) is 3.50. The van der Waals surface area contributed by atoms with Gasteiger partial charge in [-0.1, -0.05) is 37.0 Å². The van der Waals surface area contributed by atoms with Gasteiger partial charge in [0.2, 0.25) is 0 Å². The van der Waals surface area contributed by atoms with Gasteiger partial charge < -0.3 is 0 Å². The molecule has 0 N–H and O–H groups in total. The number of hydrogen-bond acceptors (Lipinski definition) is 0. The van der Waals surface area contributed by atoms with Crippen molar-refractivity contribution in [1.82, 2.24) is 0 Å². The zero-order chi connectivity index (χ0) is 11.5. The number of benzene rings is 1. The predicted octanol–water partition coefficient (Wildman–Crippen LogP) is 3.49. The van der Waals surface area contributed by atoms with Gasteiger partial charge in [0, 0.05) is 0 Å². The van der Waals surface area contributed by atoms with Crippen LogP contribution in [0.25, 0.3) is 0 Å².